The van der Waals surface area contributed by atoms with Crippen molar-refractivity contribution in [2.24, 2.45) is 0 Å². The number of halogens is 7. The van der Waals surface area contributed by atoms with E-state index in [0.29, 0.717) is 5.75 Å². The van der Waals surface area contributed by atoms with Crippen molar-refractivity contribution in [2.45, 2.75) is 63.3 Å². The van der Waals surface area contributed by atoms with Crippen LogP contribution in [0.1, 0.15) is 39.7 Å². The third-order valence-corrected chi connectivity index (χ3v) is 3.28. The second-order valence-corrected chi connectivity index (χ2v) is 6.97. The Morgan fingerprint density at radius 2 is 1.28 bits per heavy atom. The average Bonchev–Trinajstić information content (AvgIpc) is 2.34. The van der Waals surface area contributed by atoms with Crippen molar-refractivity contribution >= 4 is 0 Å². The lowest BCUT2D eigenvalue weighted by Gasteiger charge is -2.34. The van der Waals surface area contributed by atoms with Gasteiger partial charge < -0.3 is 9.84 Å². The predicted octanol–water partition coefficient (Wildman–Crippen LogP) is 5.29. The molecule has 0 aromatic heterocycles. The molecular weight excluding hydrogens is 357 g/mol. The molecule has 1 N–H and O–H groups in total. The van der Waals surface area contributed by atoms with E-state index in [1.54, 1.807) is 20.8 Å². The molecule has 1 rings (SSSR count). The van der Waals surface area contributed by atoms with E-state index in [1.165, 1.54) is 12.1 Å². The highest BCUT2D eigenvalue weighted by atomic mass is 19.4. The number of ether oxygens (including phenoxy) is 1. The van der Waals surface area contributed by atoms with Crippen molar-refractivity contribution in [3.05, 3.63) is 29.8 Å². The summed E-state index contributed by atoms with van der Waals surface area (Å²) in [6.45, 7) is 5.98. The summed E-state index contributed by atoms with van der Waals surface area (Å²) in [6, 6.07) is 4.86. The first kappa shape index (κ1) is 21.5. The molecule has 0 aliphatic heterocycles. The number of benzene rings is 1. The maximum atomic E-state index is 13.5. The van der Waals surface area contributed by atoms with Gasteiger partial charge in [0, 0.05) is 0 Å². The average molecular weight is 376 g/mol. The number of rotatable bonds is 5. The summed E-state index contributed by atoms with van der Waals surface area (Å²) in [4.78, 5) is 0. The van der Waals surface area contributed by atoms with Gasteiger partial charge >= 0.3 is 18.0 Å². The van der Waals surface area contributed by atoms with Crippen LogP contribution in [-0.2, 0) is 5.60 Å². The first-order valence-electron chi connectivity index (χ1n) is 7.23. The molecule has 0 aliphatic rings. The highest BCUT2D eigenvalue weighted by molar-refractivity contribution is 5.31. The zero-order chi connectivity index (χ0) is 19.9. The van der Waals surface area contributed by atoms with Crippen LogP contribution in [0.4, 0.5) is 30.7 Å². The number of alkyl halides is 7. The molecule has 0 aliphatic carbocycles. The van der Waals surface area contributed by atoms with Gasteiger partial charge in [0.2, 0.25) is 0 Å². The SMILES string of the molecule is CC(C)(C)Oc1ccc(C(C)(O)CC(F)(F)C(F)(F)C(F)(F)F)cc1. The largest absolute Gasteiger partial charge is 0.488 e. The molecule has 9 heteroatoms. The zero-order valence-corrected chi connectivity index (χ0v) is 14.0. The fraction of sp³-hybridized carbons (Fsp3) is 0.625. The summed E-state index contributed by atoms with van der Waals surface area (Å²) in [5.74, 6) is -11.4. The van der Waals surface area contributed by atoms with Crippen LogP contribution in [0.2, 0.25) is 0 Å². The molecule has 1 aromatic rings. The highest BCUT2D eigenvalue weighted by Gasteiger charge is 2.73. The Bertz CT molecular complexity index is 584. The molecule has 0 fully saturated rings. The van der Waals surface area contributed by atoms with Gasteiger partial charge in [-0.25, -0.2) is 0 Å². The van der Waals surface area contributed by atoms with Crippen LogP contribution in [0.5, 0.6) is 5.75 Å². The van der Waals surface area contributed by atoms with Gasteiger partial charge in [-0.1, -0.05) is 12.1 Å². The lowest BCUT2D eigenvalue weighted by molar-refractivity contribution is -0.361. The molecule has 144 valence electrons. The van der Waals surface area contributed by atoms with Gasteiger partial charge in [0.1, 0.15) is 11.4 Å². The monoisotopic (exact) mass is 376 g/mol. The van der Waals surface area contributed by atoms with Crippen molar-refractivity contribution in [3.63, 3.8) is 0 Å². The molecule has 1 atom stereocenters. The molecule has 0 radical (unpaired) electrons. The van der Waals surface area contributed by atoms with Crippen LogP contribution in [0.15, 0.2) is 24.3 Å². The number of hydrogen-bond donors (Lipinski definition) is 1. The smallest absolute Gasteiger partial charge is 0.459 e. The van der Waals surface area contributed by atoms with Gasteiger partial charge in [-0.2, -0.15) is 30.7 Å². The Morgan fingerprint density at radius 1 is 0.840 bits per heavy atom. The second-order valence-electron chi connectivity index (χ2n) is 6.97. The van der Waals surface area contributed by atoms with Crippen LogP contribution in [0.3, 0.4) is 0 Å². The van der Waals surface area contributed by atoms with E-state index >= 15 is 0 Å². The maximum Gasteiger partial charge on any atom is 0.459 e. The molecular formula is C16H19F7O2. The molecule has 0 bridgehead atoms. The Kier molecular flexibility index (Phi) is 5.46. The van der Waals surface area contributed by atoms with Crippen molar-refractivity contribution in [3.8, 4) is 5.75 Å². The second kappa shape index (κ2) is 6.34. The highest BCUT2D eigenvalue weighted by Crippen LogP contribution is 2.50. The first-order valence-corrected chi connectivity index (χ1v) is 7.23. The number of aliphatic hydroxyl groups is 1. The Balaban J connectivity index is 3.05. The van der Waals surface area contributed by atoms with E-state index in [9.17, 15) is 35.8 Å². The van der Waals surface area contributed by atoms with Crippen molar-refractivity contribution in [1.29, 1.82) is 0 Å². The number of hydrogen-bond acceptors (Lipinski definition) is 2. The Hall–Kier alpha value is -1.51. The van der Waals surface area contributed by atoms with Crippen LogP contribution in [-0.4, -0.2) is 28.7 Å². The van der Waals surface area contributed by atoms with E-state index in [4.69, 9.17) is 4.74 Å². The summed E-state index contributed by atoms with van der Waals surface area (Å²) in [5, 5.41) is 10.1. The zero-order valence-electron chi connectivity index (χ0n) is 14.0. The molecule has 1 aromatic carbocycles. The minimum absolute atomic E-state index is 0.244. The fourth-order valence-corrected chi connectivity index (χ4v) is 2.09. The quantitative estimate of drug-likeness (QED) is 0.707. The lowest BCUT2D eigenvalue weighted by Crippen LogP contribution is -2.54. The van der Waals surface area contributed by atoms with Gasteiger partial charge in [-0.15, -0.1) is 0 Å². The summed E-state index contributed by atoms with van der Waals surface area (Å²) in [7, 11) is 0. The van der Waals surface area contributed by atoms with Crippen molar-refractivity contribution < 1.29 is 40.6 Å². The van der Waals surface area contributed by atoms with Crippen molar-refractivity contribution in [2.75, 3.05) is 0 Å². The third kappa shape index (κ3) is 4.99. The summed E-state index contributed by atoms with van der Waals surface area (Å²) in [5.41, 5.74) is -3.42. The van der Waals surface area contributed by atoms with Crippen LogP contribution in [0, 0.1) is 0 Å². The van der Waals surface area contributed by atoms with Crippen LogP contribution in [0.25, 0.3) is 0 Å². The molecule has 0 heterocycles. The Labute approximate surface area is 140 Å². The van der Waals surface area contributed by atoms with Gasteiger partial charge in [-0.05, 0) is 45.4 Å². The topological polar surface area (TPSA) is 29.5 Å². The summed E-state index contributed by atoms with van der Waals surface area (Å²) >= 11 is 0. The summed E-state index contributed by atoms with van der Waals surface area (Å²) < 4.78 is 95.1. The van der Waals surface area contributed by atoms with Crippen LogP contribution >= 0.6 is 0 Å². The van der Waals surface area contributed by atoms with Gasteiger partial charge in [0.05, 0.1) is 12.0 Å². The van der Waals surface area contributed by atoms with Crippen LogP contribution < -0.4 is 4.74 Å². The standard InChI is InChI=1S/C16H19F7O2/c1-12(2,3)25-11-7-5-10(6-8-11)13(4,24)9-14(17,18)15(19,20)16(21,22)23/h5-8,24H,9H2,1-4H3. The molecule has 0 saturated heterocycles. The molecule has 2 nitrogen and oxygen atoms in total. The summed E-state index contributed by atoms with van der Waals surface area (Å²) in [6.07, 6.45) is -8.54. The van der Waals surface area contributed by atoms with E-state index in [-0.39, 0.29) is 5.56 Å². The lowest BCUT2D eigenvalue weighted by atomic mass is 9.87. The molecule has 1 unspecified atom stereocenters. The molecule has 0 amide bonds. The van der Waals surface area contributed by atoms with Gasteiger partial charge in [0.15, 0.2) is 0 Å². The van der Waals surface area contributed by atoms with E-state index < -0.39 is 35.6 Å². The maximum absolute atomic E-state index is 13.5. The normalized spacial score (nSPS) is 16.5. The van der Waals surface area contributed by atoms with Gasteiger partial charge in [0.25, 0.3) is 0 Å². The minimum Gasteiger partial charge on any atom is -0.488 e. The van der Waals surface area contributed by atoms with E-state index in [2.05, 4.69) is 0 Å². The molecule has 0 saturated carbocycles. The third-order valence-electron chi connectivity index (χ3n) is 3.28. The Morgan fingerprint density at radius 3 is 1.64 bits per heavy atom. The molecule has 25 heavy (non-hydrogen) atoms. The van der Waals surface area contributed by atoms with E-state index in [0.717, 1.165) is 19.1 Å². The van der Waals surface area contributed by atoms with E-state index in [1.807, 2.05) is 0 Å². The molecule has 0 spiro atoms. The van der Waals surface area contributed by atoms with Crippen molar-refractivity contribution in [1.82, 2.24) is 0 Å². The minimum atomic E-state index is -6.43. The predicted molar refractivity (Wildman–Crippen MR) is 77.0 cm³/mol. The fourth-order valence-electron chi connectivity index (χ4n) is 2.09. The first-order chi connectivity index (χ1) is 10.9. The van der Waals surface area contributed by atoms with Gasteiger partial charge in [-0.3, -0.25) is 0 Å².